The molecule has 298 valence electrons. The van der Waals surface area contributed by atoms with E-state index in [4.69, 9.17) is 18.9 Å². The molecule has 2 heterocycles. The number of carbonyl (C=O) groups is 3. The molecule has 10 heteroatoms. The van der Waals surface area contributed by atoms with Gasteiger partial charge in [0.1, 0.15) is 24.4 Å². The number of aliphatic hydroxyl groups excluding tert-OH is 1. The van der Waals surface area contributed by atoms with Crippen LogP contribution in [0.2, 0.25) is 0 Å². The molecule has 0 spiro atoms. The van der Waals surface area contributed by atoms with Crippen LogP contribution in [0.15, 0.2) is 72.3 Å². The lowest BCUT2D eigenvalue weighted by Crippen LogP contribution is -2.51. The maximum absolute atomic E-state index is 14.5. The zero-order valence-electron chi connectivity index (χ0n) is 32.8. The van der Waals surface area contributed by atoms with Crippen LogP contribution < -0.4 is 5.32 Å². The second-order valence-electron chi connectivity index (χ2n) is 15.7. The number of nitrogens with zero attached hydrogens (tertiary/aromatic N) is 1. The smallest absolute Gasteiger partial charge is 0.339 e. The molecule has 10 nitrogen and oxygen atoms in total. The van der Waals surface area contributed by atoms with Gasteiger partial charge in [-0.25, -0.2) is 4.79 Å². The van der Waals surface area contributed by atoms with E-state index in [0.717, 1.165) is 68.9 Å². The van der Waals surface area contributed by atoms with Crippen molar-refractivity contribution in [1.82, 2.24) is 10.2 Å². The minimum absolute atomic E-state index is 0.0761. The fourth-order valence-electron chi connectivity index (χ4n) is 8.38. The molecule has 4 aliphatic rings. The van der Waals surface area contributed by atoms with Gasteiger partial charge in [-0.1, -0.05) is 100 Å². The van der Waals surface area contributed by atoms with Gasteiger partial charge in [0.15, 0.2) is 5.79 Å². The summed E-state index contributed by atoms with van der Waals surface area (Å²) in [6, 6.07) is 16.2. The fourth-order valence-corrected chi connectivity index (χ4v) is 8.38. The van der Waals surface area contributed by atoms with E-state index in [1.165, 1.54) is 4.90 Å². The predicted octanol–water partition coefficient (Wildman–Crippen LogP) is 6.94. The van der Waals surface area contributed by atoms with Crippen molar-refractivity contribution in [3.63, 3.8) is 0 Å². The third-order valence-electron chi connectivity index (χ3n) is 11.6. The number of esters is 1. The highest BCUT2D eigenvalue weighted by molar-refractivity contribution is 5.98. The van der Waals surface area contributed by atoms with Crippen molar-refractivity contribution in [3.05, 3.63) is 89.0 Å². The van der Waals surface area contributed by atoms with Crippen LogP contribution in [0.1, 0.15) is 112 Å². The van der Waals surface area contributed by atoms with Gasteiger partial charge in [-0.05, 0) is 61.3 Å². The molecule has 2 aromatic rings. The first kappa shape index (κ1) is 40.8. The molecule has 0 aromatic heterocycles. The molecule has 2 saturated heterocycles. The van der Waals surface area contributed by atoms with Gasteiger partial charge in [-0.2, -0.15) is 0 Å². The van der Waals surface area contributed by atoms with E-state index >= 15 is 0 Å². The van der Waals surface area contributed by atoms with E-state index in [1.54, 1.807) is 13.1 Å². The number of hydrogen-bond donors (Lipinski definition) is 2. The number of carbonyl (C=O) groups excluding carboxylic acids is 3. The summed E-state index contributed by atoms with van der Waals surface area (Å²) < 4.78 is 25.8. The predicted molar refractivity (Wildman–Crippen MR) is 211 cm³/mol. The lowest BCUT2D eigenvalue weighted by molar-refractivity contribution is -0.190. The molecule has 7 atom stereocenters. The average molecular weight is 757 g/mol. The third kappa shape index (κ3) is 10.5. The third-order valence-corrected chi connectivity index (χ3v) is 11.6. The maximum atomic E-state index is 14.5. The van der Waals surface area contributed by atoms with Crippen LogP contribution in [0.5, 0.6) is 0 Å². The molecule has 2 aliphatic heterocycles. The van der Waals surface area contributed by atoms with Gasteiger partial charge in [0, 0.05) is 44.8 Å². The van der Waals surface area contributed by atoms with Gasteiger partial charge < -0.3 is 34.3 Å². The van der Waals surface area contributed by atoms with Gasteiger partial charge in [-0.3, -0.25) is 9.59 Å². The molecular formula is C45H60N2O8. The minimum atomic E-state index is -0.851. The highest BCUT2D eigenvalue weighted by Crippen LogP contribution is 2.44. The Morgan fingerprint density at radius 2 is 1.69 bits per heavy atom. The summed E-state index contributed by atoms with van der Waals surface area (Å²) >= 11 is 0. The topological polar surface area (TPSA) is 127 Å². The molecule has 2 aliphatic carbocycles. The SMILES string of the molecule is CCCCCC1(CCCCC)O[C@@H]2[C@@H](C=C(C(=O)N(C)[C@H](Cc3ccccc3)C(=O)NCCO)C[C@H]2OC(=O)c2ccccc2C=CC2CCC3OC3C2)O1. The van der Waals surface area contributed by atoms with E-state index in [9.17, 15) is 19.5 Å². The van der Waals surface area contributed by atoms with Crippen LogP contribution >= 0.6 is 0 Å². The maximum Gasteiger partial charge on any atom is 0.339 e. The lowest BCUT2D eigenvalue weighted by atomic mass is 9.88. The minimum Gasteiger partial charge on any atom is -0.456 e. The Kier molecular flexibility index (Phi) is 14.4. The molecular weight excluding hydrogens is 697 g/mol. The number of allylic oxidation sites excluding steroid dienone is 1. The standard InChI is InChI=1S/C45H60N2O8/c1-4-6-13-23-45(24-14-7-5-2)54-40-30-34(43(50)47(3)36(42(49)46-25-26-48)27-31-15-9-8-10-16-31)29-39(41(40)55-45)53-44(51)35-18-12-11-17-33(35)21-19-32-20-22-37-38(28-32)52-37/h8-12,15-19,21,30,32,36-41,48H,4-7,13-14,20,22-29H2,1-3H3,(H,46,49)/t32?,36-,37?,38?,39-,40-,41+/m1/s1. The molecule has 0 radical (unpaired) electrons. The zero-order valence-corrected chi connectivity index (χ0v) is 32.8. The number of rotatable bonds is 19. The monoisotopic (exact) mass is 756 g/mol. The number of fused-ring (bicyclic) bond motifs is 2. The summed E-state index contributed by atoms with van der Waals surface area (Å²) in [6.45, 7) is 4.20. The highest BCUT2D eigenvalue weighted by Gasteiger charge is 2.53. The Morgan fingerprint density at radius 1 is 0.964 bits per heavy atom. The first-order chi connectivity index (χ1) is 26.7. The lowest BCUT2D eigenvalue weighted by Gasteiger charge is -2.33. The number of amides is 2. The molecule has 2 N–H and O–H groups in total. The summed E-state index contributed by atoms with van der Waals surface area (Å²) in [6.07, 6.45) is 15.8. The molecule has 2 amide bonds. The van der Waals surface area contributed by atoms with E-state index in [-0.39, 0.29) is 37.8 Å². The van der Waals surface area contributed by atoms with E-state index in [1.807, 2.05) is 60.7 Å². The summed E-state index contributed by atoms with van der Waals surface area (Å²) in [5.41, 5.74) is 2.53. The molecule has 3 fully saturated rings. The van der Waals surface area contributed by atoms with Crippen molar-refractivity contribution in [2.75, 3.05) is 20.2 Å². The van der Waals surface area contributed by atoms with E-state index in [0.29, 0.717) is 42.1 Å². The van der Waals surface area contributed by atoms with Crippen LogP contribution in [-0.4, -0.2) is 90.3 Å². The van der Waals surface area contributed by atoms with Crippen molar-refractivity contribution in [2.24, 2.45) is 5.92 Å². The van der Waals surface area contributed by atoms with Crippen molar-refractivity contribution in [1.29, 1.82) is 0 Å². The van der Waals surface area contributed by atoms with Gasteiger partial charge >= 0.3 is 5.97 Å². The van der Waals surface area contributed by atoms with Crippen molar-refractivity contribution < 1.29 is 38.4 Å². The molecule has 2 aromatic carbocycles. The van der Waals surface area contributed by atoms with Crippen molar-refractivity contribution in [3.8, 4) is 0 Å². The van der Waals surface area contributed by atoms with Crippen LogP contribution in [0.4, 0.5) is 0 Å². The second kappa shape index (κ2) is 19.4. The normalized spacial score (nSPS) is 25.7. The summed E-state index contributed by atoms with van der Waals surface area (Å²) in [5.74, 6) is -1.65. The van der Waals surface area contributed by atoms with Gasteiger partial charge in [-0.15, -0.1) is 0 Å². The van der Waals surface area contributed by atoms with Crippen LogP contribution in [0, 0.1) is 5.92 Å². The summed E-state index contributed by atoms with van der Waals surface area (Å²) in [7, 11) is 1.62. The second-order valence-corrected chi connectivity index (χ2v) is 15.7. The van der Waals surface area contributed by atoms with E-state index in [2.05, 4.69) is 25.2 Å². The fraction of sp³-hybridized carbons (Fsp3) is 0.578. The van der Waals surface area contributed by atoms with Crippen LogP contribution in [0.3, 0.4) is 0 Å². The first-order valence-electron chi connectivity index (χ1n) is 20.6. The van der Waals surface area contributed by atoms with Gasteiger partial charge in [0.25, 0.3) is 0 Å². The Hall–Kier alpha value is -3.83. The van der Waals surface area contributed by atoms with E-state index < -0.39 is 36.1 Å². The molecule has 3 unspecified atom stereocenters. The number of unbranched alkanes of at least 4 members (excludes halogenated alkanes) is 4. The number of nitrogens with one attached hydrogen (secondary N) is 1. The number of hydrogen-bond acceptors (Lipinski definition) is 8. The number of ether oxygens (including phenoxy) is 4. The molecule has 1 saturated carbocycles. The Morgan fingerprint density at radius 3 is 2.40 bits per heavy atom. The number of benzene rings is 2. The van der Waals surface area contributed by atoms with Crippen molar-refractivity contribution in [2.45, 2.75) is 140 Å². The Labute approximate surface area is 326 Å². The van der Waals surface area contributed by atoms with Crippen LogP contribution in [-0.2, 0) is 35.0 Å². The molecule has 6 rings (SSSR count). The molecule has 0 bridgehead atoms. The number of likely N-dealkylation sites (N-methyl/N-ethyl adjacent to an activating group) is 1. The first-order valence-corrected chi connectivity index (χ1v) is 20.6. The Bertz CT molecular complexity index is 1650. The van der Waals surface area contributed by atoms with Crippen molar-refractivity contribution >= 4 is 23.9 Å². The molecule has 55 heavy (non-hydrogen) atoms. The van der Waals surface area contributed by atoms with Crippen LogP contribution in [0.25, 0.3) is 6.08 Å². The zero-order chi connectivity index (χ0) is 38.8. The van der Waals surface area contributed by atoms with Gasteiger partial charge in [0.05, 0.1) is 24.4 Å². The summed E-state index contributed by atoms with van der Waals surface area (Å²) in [5, 5.41) is 12.2. The largest absolute Gasteiger partial charge is 0.456 e. The Balaban J connectivity index is 1.27. The number of epoxide rings is 1. The summed E-state index contributed by atoms with van der Waals surface area (Å²) in [4.78, 5) is 43.6. The quantitative estimate of drug-likeness (QED) is 0.0897. The van der Waals surface area contributed by atoms with Gasteiger partial charge in [0.2, 0.25) is 11.8 Å². The average Bonchev–Trinajstić information content (AvgIpc) is 3.89. The number of aliphatic hydroxyl groups is 1. The highest BCUT2D eigenvalue weighted by atomic mass is 16.8.